The summed E-state index contributed by atoms with van der Waals surface area (Å²) in [5, 5.41) is 15.6. The maximum Gasteiger partial charge on any atom is 0.270 e. The monoisotopic (exact) mass is 448 g/mol. The van der Waals surface area contributed by atoms with E-state index in [2.05, 4.69) is 15.3 Å². The molecule has 162 valence electrons. The third-order valence-corrected chi connectivity index (χ3v) is 5.63. The normalized spacial score (nSPS) is 11.9. The van der Waals surface area contributed by atoms with Crippen molar-refractivity contribution in [2.24, 2.45) is 0 Å². The molecule has 0 bridgehead atoms. The van der Waals surface area contributed by atoms with E-state index in [1.165, 1.54) is 6.07 Å². The van der Waals surface area contributed by atoms with Crippen LogP contribution in [0.3, 0.4) is 0 Å². The van der Waals surface area contributed by atoms with Crippen LogP contribution in [0.25, 0.3) is 10.9 Å². The van der Waals surface area contributed by atoms with Crippen LogP contribution in [0.2, 0.25) is 5.02 Å². The molecule has 0 aliphatic rings. The number of nitro groups is 1. The van der Waals surface area contributed by atoms with Crippen molar-refractivity contribution in [2.75, 3.05) is 6.54 Å². The Kier molecular flexibility index (Phi) is 6.47. The molecule has 2 aromatic carbocycles. The number of aromatic amines is 1. The van der Waals surface area contributed by atoms with Crippen LogP contribution >= 0.6 is 11.6 Å². The van der Waals surface area contributed by atoms with Crippen LogP contribution in [0.15, 0.2) is 73.1 Å². The van der Waals surface area contributed by atoms with Gasteiger partial charge in [-0.1, -0.05) is 29.8 Å². The lowest BCUT2D eigenvalue weighted by Gasteiger charge is -2.17. The Bertz CT molecular complexity index is 1240. The molecule has 1 amide bonds. The molecule has 2 N–H and O–H groups in total. The van der Waals surface area contributed by atoms with E-state index in [0.717, 1.165) is 27.7 Å². The molecule has 1 atom stereocenters. The minimum absolute atomic E-state index is 0.00742. The van der Waals surface area contributed by atoms with Gasteiger partial charge in [-0.2, -0.15) is 0 Å². The van der Waals surface area contributed by atoms with Gasteiger partial charge in [0.1, 0.15) is 0 Å². The van der Waals surface area contributed by atoms with E-state index in [0.29, 0.717) is 18.0 Å². The van der Waals surface area contributed by atoms with Crippen LogP contribution in [0.4, 0.5) is 5.69 Å². The summed E-state index contributed by atoms with van der Waals surface area (Å²) in [6.07, 6.45) is 4.37. The Balaban J connectivity index is 1.59. The fourth-order valence-corrected chi connectivity index (χ4v) is 3.89. The first-order chi connectivity index (χ1) is 15.5. The van der Waals surface area contributed by atoms with Crippen LogP contribution in [-0.2, 0) is 11.2 Å². The third-order valence-electron chi connectivity index (χ3n) is 5.37. The first-order valence-corrected chi connectivity index (χ1v) is 10.6. The minimum Gasteiger partial charge on any atom is -0.361 e. The van der Waals surface area contributed by atoms with Crippen molar-refractivity contribution >= 4 is 34.1 Å². The number of rotatable bonds is 8. The highest BCUT2D eigenvalue weighted by molar-refractivity contribution is 6.30. The van der Waals surface area contributed by atoms with Gasteiger partial charge >= 0.3 is 0 Å². The highest BCUT2D eigenvalue weighted by atomic mass is 35.5. The fourth-order valence-electron chi connectivity index (χ4n) is 3.77. The van der Waals surface area contributed by atoms with Gasteiger partial charge in [-0.25, -0.2) is 0 Å². The summed E-state index contributed by atoms with van der Waals surface area (Å²) in [6, 6.07) is 17.7. The lowest BCUT2D eigenvalue weighted by atomic mass is 9.88. The predicted molar refractivity (Wildman–Crippen MR) is 124 cm³/mol. The molecule has 0 saturated heterocycles. The van der Waals surface area contributed by atoms with Crippen molar-refractivity contribution in [3.05, 3.63) is 105 Å². The van der Waals surface area contributed by atoms with E-state index in [1.807, 2.05) is 36.5 Å². The number of nitrogens with zero attached hydrogens (tertiary/aromatic N) is 2. The van der Waals surface area contributed by atoms with E-state index in [9.17, 15) is 14.9 Å². The number of nitrogens with one attached hydrogen (secondary N) is 2. The second-order valence-electron chi connectivity index (χ2n) is 7.46. The van der Waals surface area contributed by atoms with Crippen molar-refractivity contribution < 1.29 is 9.72 Å². The van der Waals surface area contributed by atoms with E-state index in [-0.39, 0.29) is 23.9 Å². The summed E-state index contributed by atoms with van der Waals surface area (Å²) >= 11 is 6.06. The van der Waals surface area contributed by atoms with Gasteiger partial charge < -0.3 is 10.3 Å². The Morgan fingerprint density at radius 2 is 1.97 bits per heavy atom. The van der Waals surface area contributed by atoms with Crippen LogP contribution in [0.1, 0.15) is 29.2 Å². The Labute approximate surface area is 189 Å². The van der Waals surface area contributed by atoms with Gasteiger partial charge in [0.05, 0.1) is 4.92 Å². The third kappa shape index (κ3) is 4.95. The minimum atomic E-state index is -0.419. The van der Waals surface area contributed by atoms with Crippen molar-refractivity contribution in [1.29, 1.82) is 0 Å². The molecule has 32 heavy (non-hydrogen) atoms. The smallest absolute Gasteiger partial charge is 0.270 e. The number of aromatic nitrogens is 2. The average Bonchev–Trinajstić information content (AvgIpc) is 3.22. The van der Waals surface area contributed by atoms with Gasteiger partial charge in [0, 0.05) is 71.5 Å². The number of benzene rings is 2. The first-order valence-electron chi connectivity index (χ1n) is 10.2. The van der Waals surface area contributed by atoms with Crippen LogP contribution in [0, 0.1) is 10.1 Å². The largest absolute Gasteiger partial charge is 0.361 e. The molecule has 0 spiro atoms. The van der Waals surface area contributed by atoms with Crippen LogP contribution < -0.4 is 5.32 Å². The molecule has 0 aliphatic carbocycles. The fraction of sp³-hybridized carbons (Fsp3) is 0.167. The Morgan fingerprint density at radius 1 is 1.16 bits per heavy atom. The molecule has 8 heteroatoms. The molecule has 0 radical (unpaired) electrons. The first kappa shape index (κ1) is 21.5. The van der Waals surface area contributed by atoms with E-state index >= 15 is 0 Å². The van der Waals surface area contributed by atoms with Gasteiger partial charge in [-0.3, -0.25) is 19.9 Å². The summed E-state index contributed by atoms with van der Waals surface area (Å²) in [6.45, 7) is 0.475. The van der Waals surface area contributed by atoms with E-state index in [1.54, 1.807) is 30.5 Å². The molecule has 2 aromatic heterocycles. The van der Waals surface area contributed by atoms with Gasteiger partial charge in [0.2, 0.25) is 5.91 Å². The number of carbonyl (C=O) groups is 1. The predicted octanol–water partition coefficient (Wildman–Crippen LogP) is 5.01. The highest BCUT2D eigenvalue weighted by Crippen LogP contribution is 2.35. The number of nitro benzene ring substituents is 1. The van der Waals surface area contributed by atoms with Crippen molar-refractivity contribution in [3.63, 3.8) is 0 Å². The second kappa shape index (κ2) is 9.62. The average molecular weight is 449 g/mol. The number of H-pyrrole nitrogens is 1. The topological polar surface area (TPSA) is 101 Å². The lowest BCUT2D eigenvalue weighted by Crippen LogP contribution is -2.27. The van der Waals surface area contributed by atoms with Gasteiger partial charge in [0.15, 0.2) is 0 Å². The number of fused-ring (bicyclic) bond motifs is 1. The molecular formula is C24H21ClN4O3. The number of non-ortho nitro benzene ring substituents is 1. The number of amides is 1. The Hall–Kier alpha value is -3.71. The maximum absolute atomic E-state index is 12.8. The quantitative estimate of drug-likeness (QED) is 0.292. The van der Waals surface area contributed by atoms with Crippen LogP contribution in [-0.4, -0.2) is 27.3 Å². The zero-order chi connectivity index (χ0) is 22.5. The number of carbonyl (C=O) groups excluding carboxylic acids is 1. The molecule has 0 aliphatic heterocycles. The van der Waals surface area contributed by atoms with Crippen molar-refractivity contribution in [1.82, 2.24) is 15.3 Å². The molecule has 7 nitrogen and oxygen atoms in total. The SMILES string of the molecule is O=C(CC(c1ccc(Cl)cc1)c1c[nH]c2ccc([N+](=O)[O-])cc12)NCCc1ccccn1. The second-order valence-corrected chi connectivity index (χ2v) is 7.90. The van der Waals surface area contributed by atoms with E-state index in [4.69, 9.17) is 11.6 Å². The number of halogens is 1. The molecular weight excluding hydrogens is 428 g/mol. The maximum atomic E-state index is 12.8. The molecule has 1 unspecified atom stereocenters. The van der Waals surface area contributed by atoms with Crippen molar-refractivity contribution in [2.45, 2.75) is 18.8 Å². The molecule has 0 fully saturated rings. The number of pyridine rings is 1. The summed E-state index contributed by atoms with van der Waals surface area (Å²) in [5.74, 6) is -0.404. The summed E-state index contributed by atoms with van der Waals surface area (Å²) in [5.41, 5.74) is 3.42. The number of hydrogen-bond donors (Lipinski definition) is 2. The van der Waals surface area contributed by atoms with Gasteiger partial charge in [-0.15, -0.1) is 0 Å². The lowest BCUT2D eigenvalue weighted by molar-refractivity contribution is -0.384. The summed E-state index contributed by atoms with van der Waals surface area (Å²) in [7, 11) is 0. The molecule has 0 saturated carbocycles. The zero-order valence-corrected chi connectivity index (χ0v) is 17.9. The highest BCUT2D eigenvalue weighted by Gasteiger charge is 2.22. The number of hydrogen-bond acceptors (Lipinski definition) is 4. The van der Waals surface area contributed by atoms with Gasteiger partial charge in [0.25, 0.3) is 5.69 Å². The van der Waals surface area contributed by atoms with Crippen molar-refractivity contribution in [3.8, 4) is 0 Å². The standard InChI is InChI=1S/C24H21ClN4O3/c25-17-6-4-16(5-7-17)20(14-24(30)27-12-10-18-3-1-2-11-26-18)22-15-28-23-9-8-19(29(31)32)13-21(22)23/h1-9,11,13,15,20,28H,10,12,14H2,(H,27,30). The Morgan fingerprint density at radius 3 is 2.69 bits per heavy atom. The molecule has 2 heterocycles. The van der Waals surface area contributed by atoms with Crippen LogP contribution in [0.5, 0.6) is 0 Å². The van der Waals surface area contributed by atoms with E-state index < -0.39 is 4.92 Å². The summed E-state index contributed by atoms with van der Waals surface area (Å²) < 4.78 is 0. The summed E-state index contributed by atoms with van der Waals surface area (Å²) in [4.78, 5) is 31.1. The zero-order valence-electron chi connectivity index (χ0n) is 17.1. The molecule has 4 aromatic rings. The van der Waals surface area contributed by atoms with Gasteiger partial charge in [-0.05, 0) is 41.5 Å². The molecule has 4 rings (SSSR count).